The quantitative estimate of drug-likeness (QED) is 0.260. The van der Waals surface area contributed by atoms with Crippen molar-refractivity contribution in [2.24, 2.45) is 5.92 Å². The lowest BCUT2D eigenvalue weighted by Crippen LogP contribution is -2.24. The number of aromatic nitrogens is 1. The monoisotopic (exact) mass is 603 g/mol. The Kier molecular flexibility index (Phi) is 9.79. The molecule has 3 aliphatic rings. The number of sulfonamides is 1. The van der Waals surface area contributed by atoms with Crippen LogP contribution in [-0.4, -0.2) is 33.7 Å². The molecular weight excluding hydrogens is 558 g/mol. The molecule has 2 saturated carbocycles. The van der Waals surface area contributed by atoms with E-state index < -0.39 is 20.9 Å². The molecule has 2 aromatic rings. The minimum Gasteiger partial charge on any atom is -0.490 e. The van der Waals surface area contributed by atoms with E-state index in [1.807, 2.05) is 12.1 Å². The van der Waals surface area contributed by atoms with Gasteiger partial charge in [-0.3, -0.25) is 14.4 Å². The van der Waals surface area contributed by atoms with Gasteiger partial charge in [-0.2, -0.15) is 0 Å². The van der Waals surface area contributed by atoms with Gasteiger partial charge in [0.2, 0.25) is 20.9 Å². The van der Waals surface area contributed by atoms with Crippen LogP contribution in [0.2, 0.25) is 0 Å². The molecule has 1 aromatic heterocycles. The average Bonchev–Trinajstić information content (AvgIpc) is 2.98. The molecule has 0 saturated heterocycles. The van der Waals surface area contributed by atoms with Gasteiger partial charge >= 0.3 is 0 Å². The molecule has 0 unspecified atom stereocenters. The molecule has 0 atom stereocenters. The van der Waals surface area contributed by atoms with E-state index in [4.69, 9.17) is 9.72 Å². The van der Waals surface area contributed by atoms with Crippen molar-refractivity contribution in [3.63, 3.8) is 0 Å². The zero-order chi connectivity index (χ0) is 29.0. The second kappa shape index (κ2) is 13.3. The van der Waals surface area contributed by atoms with Crippen LogP contribution >= 0.6 is 0 Å². The van der Waals surface area contributed by atoms with Gasteiger partial charge in [-0.1, -0.05) is 32.6 Å². The largest absolute Gasteiger partial charge is 0.490 e. The lowest BCUT2D eigenvalue weighted by Gasteiger charge is -2.31. The van der Waals surface area contributed by atoms with Crippen molar-refractivity contribution in [2.75, 3.05) is 15.2 Å². The number of hydrogen-bond acceptors (Lipinski definition) is 6. The van der Waals surface area contributed by atoms with Crippen LogP contribution < -0.4 is 14.2 Å². The summed E-state index contributed by atoms with van der Waals surface area (Å²) in [6.45, 7) is 3.85. The summed E-state index contributed by atoms with van der Waals surface area (Å²) in [4.78, 5) is 5.15. The van der Waals surface area contributed by atoms with Gasteiger partial charge in [0.1, 0.15) is 5.75 Å². The topological polar surface area (TPSA) is 114 Å². The highest BCUT2D eigenvalue weighted by molar-refractivity contribution is 7.92. The second-order valence-electron chi connectivity index (χ2n) is 12.0. The van der Waals surface area contributed by atoms with Crippen LogP contribution in [0.3, 0.4) is 0 Å². The number of nitrogens with one attached hydrogen (secondary N) is 2. The maximum absolute atomic E-state index is 12.5. The molecular formula is C31H45N3O5S2. The highest BCUT2D eigenvalue weighted by atomic mass is 32.2. The maximum atomic E-state index is 12.5. The summed E-state index contributed by atoms with van der Waals surface area (Å²) < 4.78 is 61.9. The van der Waals surface area contributed by atoms with Gasteiger partial charge in [0.15, 0.2) is 0 Å². The van der Waals surface area contributed by atoms with Gasteiger partial charge in [-0.25, -0.2) is 16.8 Å². The molecule has 41 heavy (non-hydrogen) atoms. The Morgan fingerprint density at radius 1 is 0.951 bits per heavy atom. The molecule has 0 radical (unpaired) electrons. The fourth-order valence-electron chi connectivity index (χ4n) is 6.92. The molecule has 10 heteroatoms. The average molecular weight is 604 g/mol. The Morgan fingerprint density at radius 2 is 1.68 bits per heavy atom. The van der Waals surface area contributed by atoms with E-state index >= 15 is 0 Å². The van der Waals surface area contributed by atoms with E-state index in [0.29, 0.717) is 17.1 Å². The summed E-state index contributed by atoms with van der Waals surface area (Å²) in [5.41, 5.74) is 5.44. The number of pyridine rings is 1. The zero-order valence-corrected chi connectivity index (χ0v) is 26.1. The van der Waals surface area contributed by atoms with Crippen LogP contribution in [0.5, 0.6) is 5.75 Å². The second-order valence-corrected chi connectivity index (χ2v) is 14.7. The van der Waals surface area contributed by atoms with Crippen LogP contribution in [0.4, 0.5) is 11.4 Å². The summed E-state index contributed by atoms with van der Waals surface area (Å²) in [5, 5.41) is 0. The number of thiol groups is 1. The van der Waals surface area contributed by atoms with E-state index in [2.05, 4.69) is 16.4 Å². The van der Waals surface area contributed by atoms with E-state index in [-0.39, 0.29) is 17.8 Å². The Balaban J connectivity index is 1.69. The first kappa shape index (κ1) is 30.1. The lowest BCUT2D eigenvalue weighted by atomic mass is 9.81. The first-order chi connectivity index (χ1) is 19.8. The predicted octanol–water partition coefficient (Wildman–Crippen LogP) is 6.72. The number of fused-ring (bicyclic) bond motifs is 1. The summed E-state index contributed by atoms with van der Waals surface area (Å²) in [5.74, 6) is 1.54. The molecule has 1 heterocycles. The van der Waals surface area contributed by atoms with E-state index in [1.54, 1.807) is 13.0 Å². The van der Waals surface area contributed by atoms with Crippen molar-refractivity contribution in [3.05, 3.63) is 35.2 Å². The molecule has 2 N–H and O–H groups in total. The molecule has 3 aliphatic carbocycles. The Labute approximate surface area is 247 Å². The van der Waals surface area contributed by atoms with Crippen LogP contribution in [0, 0.1) is 5.92 Å². The minimum atomic E-state index is -3.51. The van der Waals surface area contributed by atoms with Gasteiger partial charge in [-0.05, 0) is 101 Å². The normalized spacial score (nSPS) is 21.8. The molecule has 8 nitrogen and oxygen atoms in total. The van der Waals surface area contributed by atoms with Gasteiger partial charge in [0, 0.05) is 28.4 Å². The van der Waals surface area contributed by atoms with Crippen molar-refractivity contribution in [3.8, 4) is 16.9 Å². The standard InChI is InChI=1S/C31H45N3O5S2/c1-3-21-14-17-24(18-15-21)39-28-19-16-23(34-41(37,38)4-2)20-26(28)29-25-12-8-9-13-27(25)32-30(31(29)33-40(35)36)22-10-6-5-7-11-22/h16,19-22,24,34,40H,3-15,17-18H2,1-2H3,(H,33,35,36). The molecule has 0 bridgehead atoms. The number of aryl methyl sites for hydroxylation is 1. The van der Waals surface area contributed by atoms with E-state index in [0.717, 1.165) is 111 Å². The summed E-state index contributed by atoms with van der Waals surface area (Å²) in [6.07, 6.45) is 14.5. The molecule has 226 valence electrons. The van der Waals surface area contributed by atoms with Crippen molar-refractivity contribution in [1.29, 1.82) is 0 Å². The minimum absolute atomic E-state index is 0.0405. The molecule has 2 fully saturated rings. The number of rotatable bonds is 10. The number of hydrogen-bond donors (Lipinski definition) is 3. The highest BCUT2D eigenvalue weighted by Gasteiger charge is 2.30. The highest BCUT2D eigenvalue weighted by Crippen LogP contribution is 2.47. The maximum Gasteiger partial charge on any atom is 0.232 e. The SMILES string of the molecule is CCC1CCC(Oc2ccc(NS(=O)(=O)CC)cc2-c2c3c(nc(C4CCCCC4)c2N[SH](=O)=O)CCCC3)CC1. The zero-order valence-electron chi connectivity index (χ0n) is 24.4. The lowest BCUT2D eigenvalue weighted by molar-refractivity contribution is 0.130. The molecule has 0 spiro atoms. The van der Waals surface area contributed by atoms with Crippen LogP contribution in [-0.2, 0) is 33.8 Å². The van der Waals surface area contributed by atoms with Gasteiger partial charge in [0.05, 0.1) is 23.2 Å². The first-order valence-electron chi connectivity index (χ1n) is 15.6. The van der Waals surface area contributed by atoms with Crippen molar-refractivity contribution in [2.45, 2.75) is 116 Å². The third-order valence-electron chi connectivity index (χ3n) is 9.26. The molecule has 0 amide bonds. The van der Waals surface area contributed by atoms with Gasteiger partial charge in [-0.15, -0.1) is 0 Å². The van der Waals surface area contributed by atoms with Crippen molar-refractivity contribution < 1.29 is 21.6 Å². The first-order valence-corrected chi connectivity index (χ1v) is 18.4. The fraction of sp³-hybridized carbons (Fsp3) is 0.645. The van der Waals surface area contributed by atoms with Crippen LogP contribution in [0.15, 0.2) is 18.2 Å². The van der Waals surface area contributed by atoms with Crippen LogP contribution in [0.25, 0.3) is 11.1 Å². The number of benzene rings is 1. The fourth-order valence-corrected chi connectivity index (χ4v) is 7.96. The molecule has 5 rings (SSSR count). The third kappa shape index (κ3) is 7.19. The van der Waals surface area contributed by atoms with E-state index in [1.165, 1.54) is 12.8 Å². The number of nitrogens with zero attached hydrogens (tertiary/aromatic N) is 1. The third-order valence-corrected chi connectivity index (χ3v) is 11.0. The molecule has 0 aliphatic heterocycles. The summed E-state index contributed by atoms with van der Waals surface area (Å²) in [7, 11) is -6.45. The Hall–Kier alpha value is -2.33. The smallest absolute Gasteiger partial charge is 0.232 e. The Bertz CT molecular complexity index is 1400. The van der Waals surface area contributed by atoms with E-state index in [9.17, 15) is 16.8 Å². The van der Waals surface area contributed by atoms with Crippen LogP contribution in [0.1, 0.15) is 114 Å². The van der Waals surface area contributed by atoms with Gasteiger partial charge in [0.25, 0.3) is 0 Å². The predicted molar refractivity (Wildman–Crippen MR) is 166 cm³/mol. The van der Waals surface area contributed by atoms with Crippen molar-refractivity contribution in [1.82, 2.24) is 4.98 Å². The van der Waals surface area contributed by atoms with Crippen molar-refractivity contribution >= 4 is 32.3 Å². The summed E-state index contributed by atoms with van der Waals surface area (Å²) in [6, 6.07) is 5.43. The Morgan fingerprint density at radius 3 is 2.37 bits per heavy atom. The number of ether oxygens (including phenoxy) is 1. The molecule has 1 aromatic carbocycles. The van der Waals surface area contributed by atoms with Gasteiger partial charge < -0.3 is 4.74 Å². The number of anilines is 2. The summed E-state index contributed by atoms with van der Waals surface area (Å²) >= 11 is 0.